The van der Waals surface area contributed by atoms with Gasteiger partial charge in [0, 0.05) is 0 Å². The number of hydrogen-bond acceptors (Lipinski definition) is 6. The van der Waals surface area contributed by atoms with E-state index in [2.05, 4.69) is 0 Å². The molecule has 0 spiro atoms. The van der Waals surface area contributed by atoms with Crippen LogP contribution in [0.15, 0.2) is 0 Å². The predicted octanol–water partition coefficient (Wildman–Crippen LogP) is -5.07. The average Bonchev–Trinajstić information content (AvgIpc) is 1.70. The molecule has 0 rings (SSSR count). The minimum absolute atomic E-state index is 0. The number of rotatable bonds is 0. The monoisotopic (exact) mass is 316 g/mol. The van der Waals surface area contributed by atoms with E-state index >= 15 is 0 Å². The Morgan fingerprint density at radius 1 is 0.700 bits per heavy atom. The van der Waals surface area contributed by atoms with Crippen LogP contribution in [0.5, 0.6) is 0 Å². The summed E-state index contributed by atoms with van der Waals surface area (Å²) >= 11 is -5.25. The summed E-state index contributed by atoms with van der Waals surface area (Å²) in [5.74, 6) is 0. The zero-order valence-corrected chi connectivity index (χ0v) is 11.8. The van der Waals surface area contributed by atoms with Crippen molar-refractivity contribution in [3.63, 3.8) is 0 Å². The Hall–Kier alpha value is 1.59. The maximum atomic E-state index is 8.46. The maximum absolute atomic E-state index is 8.46. The van der Waals surface area contributed by atoms with E-state index in [-0.39, 0.29) is 35.6 Å². The summed E-state index contributed by atoms with van der Waals surface area (Å²) < 4.78 is 50.8. The predicted molar refractivity (Wildman–Crippen MR) is 19.3 cm³/mol. The summed E-state index contributed by atoms with van der Waals surface area (Å²) in [6.07, 6.45) is 0. The molecule has 0 aromatic rings. The van der Waals surface area contributed by atoms with Gasteiger partial charge >= 0.3 is 106 Å². The fourth-order valence-corrected chi connectivity index (χ4v) is 0. The van der Waals surface area contributed by atoms with Gasteiger partial charge in [-0.15, -0.1) is 0 Å². The van der Waals surface area contributed by atoms with Crippen LogP contribution in [0, 0.1) is 35.6 Å². The summed E-state index contributed by atoms with van der Waals surface area (Å²) in [4.78, 5) is 0. The minimum atomic E-state index is -1.75. The molecule has 0 N–H and O–H groups in total. The van der Waals surface area contributed by atoms with Gasteiger partial charge in [0.25, 0.3) is 0 Å². The standard InChI is InChI=1S/3Al.La.6O/q;;;+3;;;;3*-1. The van der Waals surface area contributed by atoms with Crippen molar-refractivity contribution in [2.24, 2.45) is 0 Å². The molecular weight excluding hydrogens is 316 g/mol. The van der Waals surface area contributed by atoms with Crippen molar-refractivity contribution in [3.8, 4) is 0 Å². The van der Waals surface area contributed by atoms with Gasteiger partial charge in [-0.05, 0) is 0 Å². The Balaban J connectivity index is -0.0000000257. The Bertz CT molecular complexity index is 49.7. The molecular formula is Al3LaO6. The van der Waals surface area contributed by atoms with Crippen LogP contribution in [0.3, 0.4) is 0 Å². The van der Waals surface area contributed by atoms with E-state index in [0.717, 1.165) is 0 Å². The van der Waals surface area contributed by atoms with Gasteiger partial charge < -0.3 is 0 Å². The molecule has 0 aliphatic heterocycles. The quantitative estimate of drug-likeness (QED) is 0.412. The van der Waals surface area contributed by atoms with Crippen LogP contribution in [-0.2, 0) is 11.4 Å². The molecule has 10 heteroatoms. The molecule has 0 radical (unpaired) electrons. The summed E-state index contributed by atoms with van der Waals surface area (Å²) in [7, 11) is 0. The van der Waals surface area contributed by atoms with Crippen LogP contribution in [0.25, 0.3) is 0 Å². The van der Waals surface area contributed by atoms with Crippen molar-refractivity contribution in [3.05, 3.63) is 0 Å². The molecule has 0 aliphatic carbocycles. The van der Waals surface area contributed by atoms with Gasteiger partial charge in [0.1, 0.15) is 0 Å². The van der Waals surface area contributed by atoms with Crippen molar-refractivity contribution in [2.45, 2.75) is 0 Å². The van der Waals surface area contributed by atoms with Gasteiger partial charge in [-0.3, -0.25) is 0 Å². The normalized spacial score (nSPS) is 2.40. The Labute approximate surface area is 104 Å². The zero-order chi connectivity index (χ0) is 8.12. The Kier molecular flexibility index (Phi) is 104. The molecule has 0 saturated carbocycles. The first-order chi connectivity index (χ1) is 4.24. The molecule has 10 heavy (non-hydrogen) atoms. The molecule has 0 heterocycles. The second-order valence-electron chi connectivity index (χ2n) is 0.289. The Morgan fingerprint density at radius 3 is 0.700 bits per heavy atom. The first kappa shape index (κ1) is 22.6. The topological polar surface area (TPSA) is 120 Å². The third-order valence-electron chi connectivity index (χ3n) is 0. The van der Waals surface area contributed by atoms with Crippen LogP contribution < -0.4 is 12.5 Å². The second kappa shape index (κ2) is 46.2. The molecule has 0 aliphatic rings. The third kappa shape index (κ3) is 279. The summed E-state index contributed by atoms with van der Waals surface area (Å²) in [6.45, 7) is 0. The van der Waals surface area contributed by atoms with E-state index in [1.54, 1.807) is 0 Å². The first-order valence-corrected chi connectivity index (χ1v) is 4.24. The summed E-state index contributed by atoms with van der Waals surface area (Å²) in [5, 5.41) is 0. The van der Waals surface area contributed by atoms with E-state index in [1.165, 1.54) is 0 Å². The van der Waals surface area contributed by atoms with Crippen LogP contribution in [0.4, 0.5) is 0 Å². The molecule has 0 aromatic heterocycles. The van der Waals surface area contributed by atoms with Gasteiger partial charge in [-0.1, -0.05) is 0 Å². The molecule has 0 atom stereocenters. The molecule has 0 saturated heterocycles. The van der Waals surface area contributed by atoms with Crippen LogP contribution in [0.1, 0.15) is 0 Å². The van der Waals surface area contributed by atoms with Gasteiger partial charge in [0.15, 0.2) is 0 Å². The third-order valence-corrected chi connectivity index (χ3v) is 0. The SMILES string of the molecule is [La+3].[O]=[Al][O-].[O]=[Al][O-].[O]=[Al][O-]. The molecule has 0 unspecified atom stereocenters. The molecule has 0 aromatic carbocycles. The molecule has 0 fully saturated rings. The molecule has 6 nitrogen and oxygen atoms in total. The second-order valence-corrected chi connectivity index (χ2v) is 0.866. The van der Waals surface area contributed by atoms with E-state index in [4.69, 9.17) is 23.9 Å². The van der Waals surface area contributed by atoms with E-state index in [9.17, 15) is 0 Å². The van der Waals surface area contributed by atoms with Crippen molar-refractivity contribution >= 4 is 46.5 Å². The summed E-state index contributed by atoms with van der Waals surface area (Å²) in [5.41, 5.74) is 0. The van der Waals surface area contributed by atoms with Gasteiger partial charge in [0.05, 0.1) is 0 Å². The van der Waals surface area contributed by atoms with Gasteiger partial charge in [-0.2, -0.15) is 0 Å². The van der Waals surface area contributed by atoms with Crippen molar-refractivity contribution in [1.82, 2.24) is 0 Å². The van der Waals surface area contributed by atoms with E-state index in [1.807, 2.05) is 0 Å². The Morgan fingerprint density at radius 2 is 0.700 bits per heavy atom. The van der Waals surface area contributed by atoms with Crippen LogP contribution >= 0.6 is 0 Å². The average molecular weight is 316 g/mol. The van der Waals surface area contributed by atoms with Gasteiger partial charge in [-0.25, -0.2) is 0 Å². The zero-order valence-electron chi connectivity index (χ0n) is 4.76. The van der Waals surface area contributed by atoms with Crippen molar-refractivity contribution < 1.29 is 59.5 Å². The van der Waals surface area contributed by atoms with Crippen LogP contribution in [0.2, 0.25) is 0 Å². The van der Waals surface area contributed by atoms with E-state index in [0.29, 0.717) is 0 Å². The van der Waals surface area contributed by atoms with E-state index < -0.39 is 46.5 Å². The van der Waals surface area contributed by atoms with Crippen molar-refractivity contribution in [2.75, 3.05) is 0 Å². The fraction of sp³-hybridized carbons (Fsp3) is 0. The van der Waals surface area contributed by atoms with Crippen molar-refractivity contribution in [1.29, 1.82) is 0 Å². The molecule has 0 amide bonds. The van der Waals surface area contributed by atoms with Gasteiger partial charge in [0.2, 0.25) is 0 Å². The fourth-order valence-electron chi connectivity index (χ4n) is 0. The first-order valence-electron chi connectivity index (χ1n) is 1.41. The number of hydrogen-bond donors (Lipinski definition) is 0. The van der Waals surface area contributed by atoms with Crippen LogP contribution in [-0.4, -0.2) is 46.5 Å². The molecule has 0 bridgehead atoms. The summed E-state index contributed by atoms with van der Waals surface area (Å²) in [6, 6.07) is 0. The molecule has 48 valence electrons.